The zero-order valence-corrected chi connectivity index (χ0v) is 14.0. The van der Waals surface area contributed by atoms with Gasteiger partial charge in [0.05, 0.1) is 0 Å². The second kappa shape index (κ2) is 8.18. The molecule has 0 saturated carbocycles. The summed E-state index contributed by atoms with van der Waals surface area (Å²) in [7, 11) is 0. The van der Waals surface area contributed by atoms with Crippen LogP contribution in [0, 0.1) is 13.8 Å². The summed E-state index contributed by atoms with van der Waals surface area (Å²) in [5.41, 5.74) is 2.27. The molecule has 0 aliphatic carbocycles. The standard InChI is InChI=1S/C18H28N2O2/c1-14-8-6-9-17(15(14)2)22-16(3)18(21)19-10-7-13-20-11-4-5-12-20/h6,8-9,16H,4-5,7,10-13H2,1-3H3,(H,19,21)/t16-/m0/s1. The smallest absolute Gasteiger partial charge is 0.260 e. The van der Waals surface area contributed by atoms with Crippen molar-refractivity contribution in [3.8, 4) is 5.75 Å². The molecular formula is C18H28N2O2. The molecule has 4 heteroatoms. The molecule has 0 bridgehead atoms. The van der Waals surface area contributed by atoms with Crippen LogP contribution in [-0.4, -0.2) is 43.1 Å². The van der Waals surface area contributed by atoms with Crippen LogP contribution in [0.3, 0.4) is 0 Å². The van der Waals surface area contributed by atoms with Gasteiger partial charge in [-0.25, -0.2) is 0 Å². The molecule has 1 atom stereocenters. The Morgan fingerprint density at radius 2 is 2.05 bits per heavy atom. The van der Waals surface area contributed by atoms with Crippen LogP contribution in [0.4, 0.5) is 0 Å². The minimum Gasteiger partial charge on any atom is -0.481 e. The number of benzene rings is 1. The van der Waals surface area contributed by atoms with Crippen LogP contribution < -0.4 is 10.1 Å². The Hall–Kier alpha value is -1.55. The molecule has 122 valence electrons. The van der Waals surface area contributed by atoms with Crippen LogP contribution in [0.25, 0.3) is 0 Å². The average Bonchev–Trinajstić information content (AvgIpc) is 3.01. The Balaban J connectivity index is 1.71. The quantitative estimate of drug-likeness (QED) is 0.788. The van der Waals surface area contributed by atoms with Crippen LogP contribution in [-0.2, 0) is 4.79 Å². The highest BCUT2D eigenvalue weighted by molar-refractivity contribution is 5.80. The first-order chi connectivity index (χ1) is 10.6. The fourth-order valence-electron chi connectivity index (χ4n) is 2.76. The first kappa shape index (κ1) is 16.8. The van der Waals surface area contributed by atoms with E-state index in [1.54, 1.807) is 6.92 Å². The van der Waals surface area contributed by atoms with Gasteiger partial charge in [0.15, 0.2) is 6.10 Å². The minimum atomic E-state index is -0.465. The van der Waals surface area contributed by atoms with Gasteiger partial charge >= 0.3 is 0 Å². The van der Waals surface area contributed by atoms with E-state index in [-0.39, 0.29) is 5.91 Å². The van der Waals surface area contributed by atoms with Crippen molar-refractivity contribution in [1.82, 2.24) is 10.2 Å². The van der Waals surface area contributed by atoms with Gasteiger partial charge in [-0.15, -0.1) is 0 Å². The monoisotopic (exact) mass is 304 g/mol. The molecule has 1 fully saturated rings. The van der Waals surface area contributed by atoms with Crippen molar-refractivity contribution in [2.75, 3.05) is 26.2 Å². The molecule has 1 amide bonds. The van der Waals surface area contributed by atoms with Gasteiger partial charge in [0.2, 0.25) is 0 Å². The van der Waals surface area contributed by atoms with Gasteiger partial charge in [-0.3, -0.25) is 4.79 Å². The largest absolute Gasteiger partial charge is 0.481 e. The van der Waals surface area contributed by atoms with Gasteiger partial charge in [0, 0.05) is 6.54 Å². The molecule has 0 unspecified atom stereocenters. The molecule has 22 heavy (non-hydrogen) atoms. The van der Waals surface area contributed by atoms with E-state index in [2.05, 4.69) is 10.2 Å². The minimum absolute atomic E-state index is 0.0395. The van der Waals surface area contributed by atoms with Crippen LogP contribution in [0.5, 0.6) is 5.75 Å². The molecule has 4 nitrogen and oxygen atoms in total. The number of nitrogens with one attached hydrogen (secondary N) is 1. The first-order valence-corrected chi connectivity index (χ1v) is 8.31. The Kier molecular flexibility index (Phi) is 6.25. The summed E-state index contributed by atoms with van der Waals surface area (Å²) in [6.07, 6.45) is 3.16. The zero-order chi connectivity index (χ0) is 15.9. The van der Waals surface area contributed by atoms with Crippen molar-refractivity contribution < 1.29 is 9.53 Å². The van der Waals surface area contributed by atoms with Crippen molar-refractivity contribution in [2.24, 2.45) is 0 Å². The van der Waals surface area contributed by atoms with Gasteiger partial charge < -0.3 is 15.0 Å². The van der Waals surface area contributed by atoms with Gasteiger partial charge in [-0.1, -0.05) is 12.1 Å². The Bertz CT molecular complexity index is 496. The highest BCUT2D eigenvalue weighted by atomic mass is 16.5. The average molecular weight is 304 g/mol. The Morgan fingerprint density at radius 1 is 1.32 bits per heavy atom. The van der Waals surface area contributed by atoms with E-state index in [9.17, 15) is 4.79 Å². The maximum absolute atomic E-state index is 12.1. The summed E-state index contributed by atoms with van der Waals surface area (Å²) in [5, 5.41) is 2.97. The van der Waals surface area contributed by atoms with E-state index in [4.69, 9.17) is 4.74 Å². The van der Waals surface area contributed by atoms with E-state index in [0.717, 1.165) is 30.8 Å². The highest BCUT2D eigenvalue weighted by Crippen LogP contribution is 2.21. The van der Waals surface area contributed by atoms with Gasteiger partial charge in [0.1, 0.15) is 5.75 Å². The van der Waals surface area contributed by atoms with Gasteiger partial charge in [0.25, 0.3) is 5.91 Å². The van der Waals surface area contributed by atoms with Crippen LogP contribution in [0.1, 0.15) is 37.3 Å². The number of likely N-dealkylation sites (tertiary alicyclic amines) is 1. The molecule has 1 aromatic carbocycles. The predicted octanol–water partition coefficient (Wildman–Crippen LogP) is 2.67. The normalized spacial score (nSPS) is 16.5. The van der Waals surface area contributed by atoms with E-state index < -0.39 is 6.10 Å². The molecule has 1 saturated heterocycles. The number of carbonyl (C=O) groups is 1. The lowest BCUT2D eigenvalue weighted by molar-refractivity contribution is -0.127. The number of nitrogens with zero attached hydrogens (tertiary/aromatic N) is 1. The molecule has 1 N–H and O–H groups in total. The molecular weight excluding hydrogens is 276 g/mol. The lowest BCUT2D eigenvalue weighted by Crippen LogP contribution is -2.37. The molecule has 0 radical (unpaired) electrons. The summed E-state index contributed by atoms with van der Waals surface area (Å²) < 4.78 is 5.80. The summed E-state index contributed by atoms with van der Waals surface area (Å²) in [6, 6.07) is 5.92. The molecule has 1 heterocycles. The predicted molar refractivity (Wildman–Crippen MR) is 89.3 cm³/mol. The maximum Gasteiger partial charge on any atom is 0.260 e. The fraction of sp³-hybridized carbons (Fsp3) is 0.611. The third-order valence-electron chi connectivity index (χ3n) is 4.38. The van der Waals surface area contributed by atoms with E-state index in [1.807, 2.05) is 32.0 Å². The van der Waals surface area contributed by atoms with Crippen molar-refractivity contribution in [2.45, 2.75) is 46.1 Å². The molecule has 1 aliphatic rings. The lowest BCUT2D eigenvalue weighted by Gasteiger charge is -2.18. The topological polar surface area (TPSA) is 41.6 Å². The van der Waals surface area contributed by atoms with Crippen molar-refractivity contribution in [1.29, 1.82) is 0 Å². The molecule has 2 rings (SSSR count). The molecule has 0 spiro atoms. The first-order valence-electron chi connectivity index (χ1n) is 8.31. The highest BCUT2D eigenvalue weighted by Gasteiger charge is 2.16. The van der Waals surface area contributed by atoms with Crippen molar-refractivity contribution in [3.63, 3.8) is 0 Å². The van der Waals surface area contributed by atoms with Crippen LogP contribution in [0.2, 0.25) is 0 Å². The summed E-state index contributed by atoms with van der Waals surface area (Å²) in [4.78, 5) is 14.6. The molecule has 1 aliphatic heterocycles. The van der Waals surface area contributed by atoms with E-state index in [1.165, 1.54) is 31.5 Å². The van der Waals surface area contributed by atoms with Gasteiger partial charge in [-0.2, -0.15) is 0 Å². The zero-order valence-electron chi connectivity index (χ0n) is 14.0. The van der Waals surface area contributed by atoms with Crippen LogP contribution >= 0.6 is 0 Å². The number of hydrogen-bond donors (Lipinski definition) is 1. The summed E-state index contributed by atoms with van der Waals surface area (Å²) in [6.45, 7) is 10.1. The number of ether oxygens (including phenoxy) is 1. The number of aryl methyl sites for hydroxylation is 1. The van der Waals surface area contributed by atoms with Gasteiger partial charge in [-0.05, 0) is 76.9 Å². The van der Waals surface area contributed by atoms with E-state index >= 15 is 0 Å². The van der Waals surface area contributed by atoms with Crippen molar-refractivity contribution in [3.05, 3.63) is 29.3 Å². The third kappa shape index (κ3) is 4.73. The second-order valence-electron chi connectivity index (χ2n) is 6.15. The van der Waals surface area contributed by atoms with E-state index in [0.29, 0.717) is 0 Å². The SMILES string of the molecule is Cc1cccc(O[C@@H](C)C(=O)NCCCN2CCCC2)c1C. The lowest BCUT2D eigenvalue weighted by atomic mass is 10.1. The number of amides is 1. The maximum atomic E-state index is 12.1. The van der Waals surface area contributed by atoms with Crippen molar-refractivity contribution >= 4 is 5.91 Å². The number of rotatable bonds is 7. The molecule has 0 aromatic heterocycles. The Labute approximate surface area is 133 Å². The summed E-state index contributed by atoms with van der Waals surface area (Å²) in [5.74, 6) is 0.752. The molecule has 1 aromatic rings. The fourth-order valence-corrected chi connectivity index (χ4v) is 2.76. The third-order valence-corrected chi connectivity index (χ3v) is 4.38. The summed E-state index contributed by atoms with van der Waals surface area (Å²) >= 11 is 0. The number of hydrogen-bond acceptors (Lipinski definition) is 3. The number of carbonyl (C=O) groups excluding carboxylic acids is 1. The Morgan fingerprint density at radius 3 is 2.77 bits per heavy atom. The van der Waals surface area contributed by atoms with Crippen LogP contribution in [0.15, 0.2) is 18.2 Å². The second-order valence-corrected chi connectivity index (χ2v) is 6.15.